The third-order valence-electron chi connectivity index (χ3n) is 4.18. The van der Waals surface area contributed by atoms with E-state index in [9.17, 15) is 14.7 Å². The molecule has 2 aromatic carbocycles. The maximum absolute atomic E-state index is 12.9. The van der Waals surface area contributed by atoms with Gasteiger partial charge in [0.1, 0.15) is 5.75 Å². The van der Waals surface area contributed by atoms with Crippen LogP contribution in [0.3, 0.4) is 0 Å². The number of benzene rings is 2. The van der Waals surface area contributed by atoms with Crippen molar-refractivity contribution in [1.82, 2.24) is 0 Å². The average Bonchev–Trinajstić information content (AvgIpc) is 2.66. The van der Waals surface area contributed by atoms with Gasteiger partial charge in [-0.15, -0.1) is 0 Å². The first-order chi connectivity index (χ1) is 12.5. The molecule has 0 saturated heterocycles. The van der Waals surface area contributed by atoms with Crippen LogP contribution in [0.2, 0.25) is 0 Å². The Morgan fingerprint density at radius 2 is 1.58 bits per heavy atom. The molecule has 0 bridgehead atoms. The molecule has 0 aliphatic rings. The lowest BCUT2D eigenvalue weighted by Gasteiger charge is -2.24. The molecule has 0 radical (unpaired) electrons. The van der Waals surface area contributed by atoms with Gasteiger partial charge in [0.05, 0.1) is 18.2 Å². The Balaban J connectivity index is 2.44. The third kappa shape index (κ3) is 4.23. The summed E-state index contributed by atoms with van der Waals surface area (Å²) in [6.07, 6.45) is 2.05. The van der Waals surface area contributed by atoms with E-state index in [1.807, 2.05) is 12.1 Å². The molecule has 0 fully saturated rings. The molecule has 0 aromatic heterocycles. The van der Waals surface area contributed by atoms with Gasteiger partial charge in [-0.2, -0.15) is 0 Å². The first-order valence-electron chi connectivity index (χ1n) is 8.83. The van der Waals surface area contributed by atoms with Gasteiger partial charge in [-0.1, -0.05) is 32.0 Å². The van der Waals surface area contributed by atoms with Gasteiger partial charge < -0.3 is 14.7 Å². The van der Waals surface area contributed by atoms with E-state index in [4.69, 9.17) is 4.74 Å². The van der Waals surface area contributed by atoms with Crippen molar-refractivity contribution in [2.24, 2.45) is 0 Å². The SMILES string of the molecule is CCCN(CCC)c1ccc(C(=O)c2ccccc2C(=O)O)c(OC)c1. The lowest BCUT2D eigenvalue weighted by atomic mass is 9.97. The minimum atomic E-state index is -1.12. The summed E-state index contributed by atoms with van der Waals surface area (Å²) in [6, 6.07) is 11.7. The number of carbonyl (C=O) groups excluding carboxylic acids is 1. The number of aromatic carboxylic acids is 1. The van der Waals surface area contributed by atoms with Crippen LogP contribution in [0.4, 0.5) is 5.69 Å². The van der Waals surface area contributed by atoms with Crippen LogP contribution in [0.1, 0.15) is 53.0 Å². The van der Waals surface area contributed by atoms with Gasteiger partial charge in [0.25, 0.3) is 0 Å². The number of carboxylic acids is 1. The molecule has 0 aliphatic heterocycles. The summed E-state index contributed by atoms with van der Waals surface area (Å²) in [5, 5.41) is 9.33. The fraction of sp³-hybridized carbons (Fsp3) is 0.333. The second kappa shape index (κ2) is 9.04. The van der Waals surface area contributed by atoms with E-state index >= 15 is 0 Å². The van der Waals surface area contributed by atoms with Crippen molar-refractivity contribution in [2.75, 3.05) is 25.1 Å². The smallest absolute Gasteiger partial charge is 0.336 e. The average molecular weight is 355 g/mol. The van der Waals surface area contributed by atoms with E-state index < -0.39 is 5.97 Å². The molecular formula is C21H25NO4. The van der Waals surface area contributed by atoms with Gasteiger partial charge in [-0.05, 0) is 31.0 Å². The van der Waals surface area contributed by atoms with Gasteiger partial charge >= 0.3 is 5.97 Å². The maximum Gasteiger partial charge on any atom is 0.336 e. The Morgan fingerprint density at radius 1 is 0.962 bits per heavy atom. The normalized spacial score (nSPS) is 10.4. The lowest BCUT2D eigenvalue weighted by Crippen LogP contribution is -2.25. The van der Waals surface area contributed by atoms with Crippen molar-refractivity contribution >= 4 is 17.4 Å². The predicted molar refractivity (Wildman–Crippen MR) is 103 cm³/mol. The van der Waals surface area contributed by atoms with Crippen LogP contribution >= 0.6 is 0 Å². The molecule has 0 heterocycles. The fourth-order valence-electron chi connectivity index (χ4n) is 2.99. The summed E-state index contributed by atoms with van der Waals surface area (Å²) in [6.45, 7) is 6.10. The van der Waals surface area contributed by atoms with E-state index in [-0.39, 0.29) is 16.9 Å². The number of carboxylic acid groups (broad SMARTS) is 1. The minimum Gasteiger partial charge on any atom is -0.496 e. The number of ether oxygens (including phenoxy) is 1. The molecule has 1 N–H and O–H groups in total. The Morgan fingerprint density at radius 3 is 2.12 bits per heavy atom. The largest absolute Gasteiger partial charge is 0.496 e. The number of nitrogens with zero attached hydrogens (tertiary/aromatic N) is 1. The Hall–Kier alpha value is -2.82. The Bertz CT molecular complexity index is 779. The number of rotatable bonds is 9. The van der Waals surface area contributed by atoms with E-state index in [1.165, 1.54) is 19.2 Å². The summed E-state index contributed by atoms with van der Waals surface area (Å²) in [5.74, 6) is -1.03. The van der Waals surface area contributed by atoms with Crippen LogP contribution in [0, 0.1) is 0 Å². The van der Waals surface area contributed by atoms with Crippen LogP contribution in [-0.4, -0.2) is 37.1 Å². The van der Waals surface area contributed by atoms with Gasteiger partial charge in [-0.3, -0.25) is 4.79 Å². The molecule has 0 amide bonds. The summed E-state index contributed by atoms with van der Waals surface area (Å²) in [7, 11) is 1.52. The second-order valence-electron chi connectivity index (χ2n) is 6.05. The number of ketones is 1. The first-order valence-corrected chi connectivity index (χ1v) is 8.83. The topological polar surface area (TPSA) is 66.8 Å². The molecule has 0 saturated carbocycles. The number of anilines is 1. The molecule has 2 aromatic rings. The minimum absolute atomic E-state index is 0.0118. The number of hydrogen-bond acceptors (Lipinski definition) is 4. The Kier molecular flexibility index (Phi) is 6.78. The summed E-state index contributed by atoms with van der Waals surface area (Å²) in [5.41, 5.74) is 1.50. The van der Waals surface area contributed by atoms with Crippen molar-refractivity contribution in [2.45, 2.75) is 26.7 Å². The Labute approximate surface area is 154 Å². The summed E-state index contributed by atoms with van der Waals surface area (Å²) in [4.78, 5) is 26.6. The number of hydrogen-bond donors (Lipinski definition) is 1. The molecule has 138 valence electrons. The molecule has 0 unspecified atom stereocenters. The van der Waals surface area contributed by atoms with Crippen LogP contribution < -0.4 is 9.64 Å². The third-order valence-corrected chi connectivity index (χ3v) is 4.18. The van der Waals surface area contributed by atoms with Crippen molar-refractivity contribution in [3.05, 3.63) is 59.2 Å². The summed E-state index contributed by atoms with van der Waals surface area (Å²) < 4.78 is 5.44. The van der Waals surface area contributed by atoms with Gasteiger partial charge in [-0.25, -0.2) is 4.79 Å². The van der Waals surface area contributed by atoms with Crippen molar-refractivity contribution in [3.63, 3.8) is 0 Å². The fourth-order valence-corrected chi connectivity index (χ4v) is 2.99. The lowest BCUT2D eigenvalue weighted by molar-refractivity contribution is 0.0692. The highest BCUT2D eigenvalue weighted by Crippen LogP contribution is 2.29. The predicted octanol–water partition coefficient (Wildman–Crippen LogP) is 4.25. The monoisotopic (exact) mass is 355 g/mol. The van der Waals surface area contributed by atoms with Crippen molar-refractivity contribution < 1.29 is 19.4 Å². The van der Waals surface area contributed by atoms with E-state index in [2.05, 4.69) is 18.7 Å². The van der Waals surface area contributed by atoms with E-state index in [0.717, 1.165) is 31.6 Å². The summed E-state index contributed by atoms with van der Waals surface area (Å²) >= 11 is 0. The van der Waals surface area contributed by atoms with Crippen molar-refractivity contribution in [1.29, 1.82) is 0 Å². The second-order valence-corrected chi connectivity index (χ2v) is 6.05. The molecule has 26 heavy (non-hydrogen) atoms. The van der Waals surface area contributed by atoms with E-state index in [0.29, 0.717) is 11.3 Å². The molecule has 5 heteroatoms. The van der Waals surface area contributed by atoms with Gasteiger partial charge in [0.15, 0.2) is 5.78 Å². The number of methoxy groups -OCH3 is 1. The van der Waals surface area contributed by atoms with Crippen molar-refractivity contribution in [3.8, 4) is 5.75 Å². The maximum atomic E-state index is 12.9. The highest BCUT2D eigenvalue weighted by molar-refractivity contribution is 6.15. The van der Waals surface area contributed by atoms with Gasteiger partial charge in [0.2, 0.25) is 0 Å². The van der Waals surface area contributed by atoms with Crippen LogP contribution in [0.15, 0.2) is 42.5 Å². The van der Waals surface area contributed by atoms with Crippen LogP contribution in [-0.2, 0) is 0 Å². The standard InChI is InChI=1S/C21H25NO4/c1-4-12-22(13-5-2)15-10-11-18(19(14-15)26-3)20(23)16-8-6-7-9-17(16)21(24)25/h6-11,14H,4-5,12-13H2,1-3H3,(H,24,25). The molecule has 0 spiro atoms. The van der Waals surface area contributed by atoms with E-state index in [1.54, 1.807) is 18.2 Å². The molecule has 0 atom stereocenters. The molecule has 0 aliphatic carbocycles. The quantitative estimate of drug-likeness (QED) is 0.681. The molecular weight excluding hydrogens is 330 g/mol. The van der Waals surface area contributed by atoms with Crippen LogP contribution in [0.25, 0.3) is 0 Å². The highest BCUT2D eigenvalue weighted by Gasteiger charge is 2.21. The number of carbonyl (C=O) groups is 2. The van der Waals surface area contributed by atoms with Gasteiger partial charge in [0, 0.05) is 30.4 Å². The zero-order valence-corrected chi connectivity index (χ0v) is 15.5. The van der Waals surface area contributed by atoms with Crippen LogP contribution in [0.5, 0.6) is 5.75 Å². The zero-order valence-electron chi connectivity index (χ0n) is 15.5. The first kappa shape index (κ1) is 19.5. The highest BCUT2D eigenvalue weighted by atomic mass is 16.5. The zero-order chi connectivity index (χ0) is 19.1. The molecule has 5 nitrogen and oxygen atoms in total. The molecule has 2 rings (SSSR count).